The number of carbonyl (C=O) groups is 2. The molecule has 8 nitrogen and oxygen atoms in total. The average molecular weight is 332 g/mol. The van der Waals surface area contributed by atoms with Crippen LogP contribution in [0.25, 0.3) is 0 Å². The predicted molar refractivity (Wildman–Crippen MR) is 86.5 cm³/mol. The molecule has 1 amide bonds. The Hall–Kier alpha value is -2.74. The number of aromatic nitrogens is 3. The zero-order valence-electron chi connectivity index (χ0n) is 14.0. The van der Waals surface area contributed by atoms with Crippen LogP contribution < -0.4 is 5.32 Å². The molecule has 1 heterocycles. The molecule has 1 aromatic heterocycles. The van der Waals surface area contributed by atoms with Crippen LogP contribution in [-0.2, 0) is 19.9 Å². The number of anilines is 1. The highest BCUT2D eigenvalue weighted by Gasteiger charge is 2.27. The van der Waals surface area contributed by atoms with Crippen molar-refractivity contribution >= 4 is 17.6 Å². The molecule has 1 aromatic carbocycles. The molecule has 0 saturated carbocycles. The van der Waals surface area contributed by atoms with Crippen molar-refractivity contribution in [1.29, 1.82) is 0 Å². The molecule has 128 valence electrons. The quantitative estimate of drug-likeness (QED) is 0.781. The molecule has 24 heavy (non-hydrogen) atoms. The number of rotatable bonds is 6. The number of ether oxygens (including phenoxy) is 2. The van der Waals surface area contributed by atoms with Crippen molar-refractivity contribution < 1.29 is 19.1 Å². The van der Waals surface area contributed by atoms with E-state index in [0.717, 1.165) is 0 Å². The van der Waals surface area contributed by atoms with Gasteiger partial charge in [0.15, 0.2) is 5.82 Å². The van der Waals surface area contributed by atoms with Crippen LogP contribution in [-0.4, -0.2) is 40.8 Å². The molecule has 0 bridgehead atoms. The lowest BCUT2D eigenvalue weighted by Gasteiger charge is -2.21. The third-order valence-corrected chi connectivity index (χ3v) is 3.29. The highest BCUT2D eigenvalue weighted by Crippen LogP contribution is 2.20. The van der Waals surface area contributed by atoms with Gasteiger partial charge in [-0.2, -0.15) is 5.10 Å². The van der Waals surface area contributed by atoms with Crippen LogP contribution in [0.1, 0.15) is 35.9 Å². The SMILES string of the molecule is COC(=O)c1ccc(NC(=O)COC(C)(C)c2n[nH]c(C)n2)cc1. The summed E-state index contributed by atoms with van der Waals surface area (Å²) in [5.74, 6) is 0.410. The monoisotopic (exact) mass is 332 g/mol. The van der Waals surface area contributed by atoms with Crippen LogP contribution >= 0.6 is 0 Å². The van der Waals surface area contributed by atoms with E-state index in [1.807, 2.05) is 0 Å². The summed E-state index contributed by atoms with van der Waals surface area (Å²) < 4.78 is 10.2. The second-order valence-electron chi connectivity index (χ2n) is 5.66. The van der Waals surface area contributed by atoms with Crippen LogP contribution in [0.5, 0.6) is 0 Å². The lowest BCUT2D eigenvalue weighted by molar-refractivity contribution is -0.127. The summed E-state index contributed by atoms with van der Waals surface area (Å²) in [7, 11) is 1.31. The lowest BCUT2D eigenvalue weighted by Crippen LogP contribution is -2.29. The maximum atomic E-state index is 12.0. The molecule has 0 unspecified atom stereocenters. The minimum Gasteiger partial charge on any atom is -0.465 e. The van der Waals surface area contributed by atoms with E-state index in [2.05, 4.69) is 25.2 Å². The van der Waals surface area contributed by atoms with Gasteiger partial charge in [0.2, 0.25) is 5.91 Å². The number of esters is 1. The van der Waals surface area contributed by atoms with Crippen LogP contribution in [0.2, 0.25) is 0 Å². The van der Waals surface area contributed by atoms with Gasteiger partial charge in [-0.05, 0) is 45.0 Å². The molecule has 0 aliphatic heterocycles. The molecule has 2 rings (SSSR count). The van der Waals surface area contributed by atoms with Crippen molar-refractivity contribution in [2.24, 2.45) is 0 Å². The Labute approximate surface area is 139 Å². The molecule has 0 aliphatic carbocycles. The largest absolute Gasteiger partial charge is 0.465 e. The normalized spacial score (nSPS) is 11.2. The van der Waals surface area contributed by atoms with Crippen molar-refractivity contribution in [2.45, 2.75) is 26.4 Å². The average Bonchev–Trinajstić information content (AvgIpc) is 3.00. The molecule has 0 radical (unpaired) electrons. The maximum absolute atomic E-state index is 12.0. The van der Waals surface area contributed by atoms with E-state index in [1.165, 1.54) is 7.11 Å². The number of amides is 1. The number of hydrogen-bond donors (Lipinski definition) is 2. The fourth-order valence-electron chi connectivity index (χ4n) is 1.93. The van der Waals surface area contributed by atoms with Gasteiger partial charge in [-0.15, -0.1) is 0 Å². The Morgan fingerprint density at radius 1 is 1.25 bits per heavy atom. The summed E-state index contributed by atoms with van der Waals surface area (Å²) in [5.41, 5.74) is 0.173. The highest BCUT2D eigenvalue weighted by atomic mass is 16.5. The van der Waals surface area contributed by atoms with Crippen LogP contribution in [0, 0.1) is 6.92 Å². The molecule has 8 heteroatoms. The first-order valence-corrected chi connectivity index (χ1v) is 7.33. The molecule has 2 aromatic rings. The van der Waals surface area contributed by atoms with E-state index in [0.29, 0.717) is 22.9 Å². The van der Waals surface area contributed by atoms with E-state index in [-0.39, 0.29) is 12.5 Å². The molecule has 0 aliphatic rings. The number of hydrogen-bond acceptors (Lipinski definition) is 6. The Kier molecular flexibility index (Phi) is 5.30. The summed E-state index contributed by atoms with van der Waals surface area (Å²) in [6.07, 6.45) is 0. The Balaban J connectivity index is 1.90. The van der Waals surface area contributed by atoms with Crippen molar-refractivity contribution in [3.05, 3.63) is 41.5 Å². The Morgan fingerprint density at radius 2 is 1.92 bits per heavy atom. The topological polar surface area (TPSA) is 106 Å². The van der Waals surface area contributed by atoms with Gasteiger partial charge in [-0.25, -0.2) is 9.78 Å². The van der Waals surface area contributed by atoms with Crippen LogP contribution in [0.15, 0.2) is 24.3 Å². The molecule has 2 N–H and O–H groups in total. The number of carbonyl (C=O) groups excluding carboxylic acids is 2. The number of H-pyrrole nitrogens is 1. The van der Waals surface area contributed by atoms with Gasteiger partial charge in [0, 0.05) is 5.69 Å². The van der Waals surface area contributed by atoms with Gasteiger partial charge >= 0.3 is 5.97 Å². The first-order chi connectivity index (χ1) is 11.3. The number of aromatic amines is 1. The van der Waals surface area contributed by atoms with Gasteiger partial charge < -0.3 is 14.8 Å². The zero-order chi connectivity index (χ0) is 17.7. The minimum absolute atomic E-state index is 0.153. The first-order valence-electron chi connectivity index (χ1n) is 7.33. The molecule has 0 spiro atoms. The standard InChI is InChI=1S/C16H20N4O4/c1-10-17-15(20-19-10)16(2,3)24-9-13(21)18-12-7-5-11(6-8-12)14(22)23-4/h5-8H,9H2,1-4H3,(H,18,21)(H,17,19,20). The zero-order valence-corrected chi connectivity index (χ0v) is 14.0. The van der Waals surface area contributed by atoms with Gasteiger partial charge in [0.25, 0.3) is 0 Å². The van der Waals surface area contributed by atoms with Crippen molar-refractivity contribution in [1.82, 2.24) is 15.2 Å². The van der Waals surface area contributed by atoms with E-state index >= 15 is 0 Å². The Bertz CT molecular complexity index is 722. The third kappa shape index (κ3) is 4.39. The summed E-state index contributed by atoms with van der Waals surface area (Å²) in [6, 6.07) is 6.38. The number of aryl methyl sites for hydroxylation is 1. The van der Waals surface area contributed by atoms with Crippen LogP contribution in [0.4, 0.5) is 5.69 Å². The second kappa shape index (κ2) is 7.22. The van der Waals surface area contributed by atoms with E-state index < -0.39 is 11.6 Å². The summed E-state index contributed by atoms with van der Waals surface area (Å²) in [6.45, 7) is 5.21. The minimum atomic E-state index is -0.795. The van der Waals surface area contributed by atoms with E-state index in [4.69, 9.17) is 4.74 Å². The highest BCUT2D eigenvalue weighted by molar-refractivity contribution is 5.93. The van der Waals surface area contributed by atoms with Gasteiger partial charge in [-0.3, -0.25) is 9.89 Å². The first kappa shape index (κ1) is 17.6. The lowest BCUT2D eigenvalue weighted by atomic mass is 10.1. The molecule has 0 atom stereocenters. The van der Waals surface area contributed by atoms with E-state index in [1.54, 1.807) is 45.0 Å². The van der Waals surface area contributed by atoms with Crippen molar-refractivity contribution in [3.63, 3.8) is 0 Å². The number of benzene rings is 1. The second-order valence-corrected chi connectivity index (χ2v) is 5.66. The fourth-order valence-corrected chi connectivity index (χ4v) is 1.93. The summed E-state index contributed by atoms with van der Waals surface area (Å²) in [5, 5.41) is 9.48. The van der Waals surface area contributed by atoms with Gasteiger partial charge in [0.05, 0.1) is 12.7 Å². The third-order valence-electron chi connectivity index (χ3n) is 3.29. The van der Waals surface area contributed by atoms with Crippen LogP contribution in [0.3, 0.4) is 0 Å². The summed E-state index contributed by atoms with van der Waals surface area (Å²) >= 11 is 0. The number of nitrogens with one attached hydrogen (secondary N) is 2. The van der Waals surface area contributed by atoms with Gasteiger partial charge in [0.1, 0.15) is 18.0 Å². The Morgan fingerprint density at radius 3 is 2.46 bits per heavy atom. The number of nitrogens with zero attached hydrogens (tertiary/aromatic N) is 2. The maximum Gasteiger partial charge on any atom is 0.337 e. The predicted octanol–water partition coefficient (Wildman–Crippen LogP) is 1.79. The number of methoxy groups -OCH3 is 1. The smallest absolute Gasteiger partial charge is 0.337 e. The summed E-state index contributed by atoms with van der Waals surface area (Å²) in [4.78, 5) is 27.6. The van der Waals surface area contributed by atoms with E-state index in [9.17, 15) is 9.59 Å². The van der Waals surface area contributed by atoms with Gasteiger partial charge in [-0.1, -0.05) is 0 Å². The molecular formula is C16H20N4O4. The molecular weight excluding hydrogens is 312 g/mol. The molecule has 0 saturated heterocycles. The fraction of sp³-hybridized carbons (Fsp3) is 0.375. The van der Waals surface area contributed by atoms with Crippen molar-refractivity contribution in [2.75, 3.05) is 19.0 Å². The van der Waals surface area contributed by atoms with Crippen molar-refractivity contribution in [3.8, 4) is 0 Å². The molecule has 0 fully saturated rings.